The maximum atomic E-state index is 13.8. The molecule has 4 rings (SSSR count). The second-order valence-electron chi connectivity index (χ2n) is 11.2. The van der Waals surface area contributed by atoms with Gasteiger partial charge in [-0.25, -0.2) is 4.79 Å². The number of fused-ring (bicyclic) bond motifs is 1. The third-order valence-electron chi connectivity index (χ3n) is 7.89. The Balaban J connectivity index is 1.47. The number of ether oxygens (including phenoxy) is 3. The number of aliphatic hydroxyl groups is 2. The van der Waals surface area contributed by atoms with E-state index in [-0.39, 0.29) is 25.5 Å². The van der Waals surface area contributed by atoms with Gasteiger partial charge in [0.2, 0.25) is 5.91 Å². The molecule has 9 heteroatoms. The number of rotatable bonds is 17. The van der Waals surface area contributed by atoms with Gasteiger partial charge in [-0.15, -0.1) is 0 Å². The standard InChI is InChI=1S/C36H44N2O7/c1-43-19-20-44-21-22-45-36(42)37-31(23-27-13-6-3-7-14-27)32(39)25-29(17-10-15-26-11-4-2-5-12-26)35(41)38-34-30-18-9-8-16-28(30)24-33(34)40/h2-16,18,29,31-34,39-40H,17,19-25H2,1H3,(H,37,42)(H,38,41)/t29?,31?,32?,33-,34-/m0/s1. The van der Waals surface area contributed by atoms with Crippen molar-refractivity contribution in [2.45, 2.75) is 50.0 Å². The first-order valence-corrected chi connectivity index (χ1v) is 15.4. The van der Waals surface area contributed by atoms with Gasteiger partial charge in [0.15, 0.2) is 0 Å². The number of hydrogen-bond donors (Lipinski definition) is 4. The number of amides is 2. The van der Waals surface area contributed by atoms with Crippen molar-refractivity contribution in [3.05, 3.63) is 113 Å². The van der Waals surface area contributed by atoms with E-state index in [0.717, 1.165) is 22.3 Å². The van der Waals surface area contributed by atoms with Gasteiger partial charge >= 0.3 is 6.09 Å². The van der Waals surface area contributed by atoms with Crippen LogP contribution in [0, 0.1) is 5.92 Å². The summed E-state index contributed by atoms with van der Waals surface area (Å²) < 4.78 is 15.6. The summed E-state index contributed by atoms with van der Waals surface area (Å²) in [7, 11) is 1.58. The van der Waals surface area contributed by atoms with Crippen LogP contribution in [-0.4, -0.2) is 74.0 Å². The zero-order valence-corrected chi connectivity index (χ0v) is 25.7. The van der Waals surface area contributed by atoms with E-state index in [2.05, 4.69) is 10.6 Å². The summed E-state index contributed by atoms with van der Waals surface area (Å²) in [6, 6.07) is 25.7. The van der Waals surface area contributed by atoms with E-state index in [1.807, 2.05) is 97.1 Å². The summed E-state index contributed by atoms with van der Waals surface area (Å²) in [6.07, 6.45) is 2.60. The molecule has 0 bridgehead atoms. The van der Waals surface area contributed by atoms with Crippen molar-refractivity contribution < 1.29 is 34.0 Å². The van der Waals surface area contributed by atoms with E-state index in [1.165, 1.54) is 0 Å². The first-order valence-electron chi connectivity index (χ1n) is 15.4. The van der Waals surface area contributed by atoms with Gasteiger partial charge < -0.3 is 35.1 Å². The minimum Gasteiger partial charge on any atom is -0.447 e. The number of carbonyl (C=O) groups is 2. The van der Waals surface area contributed by atoms with E-state index in [9.17, 15) is 19.8 Å². The van der Waals surface area contributed by atoms with E-state index >= 15 is 0 Å². The molecule has 0 saturated carbocycles. The Kier molecular flexibility index (Phi) is 13.6. The second-order valence-corrected chi connectivity index (χ2v) is 11.2. The summed E-state index contributed by atoms with van der Waals surface area (Å²) in [5.41, 5.74) is 3.82. The third kappa shape index (κ3) is 10.8. The van der Waals surface area contributed by atoms with E-state index in [4.69, 9.17) is 14.2 Å². The van der Waals surface area contributed by atoms with Crippen LogP contribution in [0.2, 0.25) is 0 Å². The average molecular weight is 617 g/mol. The van der Waals surface area contributed by atoms with Gasteiger partial charge in [0.05, 0.1) is 44.1 Å². The van der Waals surface area contributed by atoms with Gasteiger partial charge in [0, 0.05) is 19.4 Å². The lowest BCUT2D eigenvalue weighted by Gasteiger charge is -2.28. The number of nitrogens with one attached hydrogen (secondary N) is 2. The Labute approximate surface area is 265 Å². The van der Waals surface area contributed by atoms with Crippen molar-refractivity contribution in [3.8, 4) is 0 Å². The van der Waals surface area contributed by atoms with Crippen molar-refractivity contribution >= 4 is 18.1 Å². The molecule has 0 radical (unpaired) electrons. The molecule has 1 aliphatic carbocycles. The van der Waals surface area contributed by atoms with E-state index < -0.39 is 36.3 Å². The number of benzene rings is 3. The zero-order chi connectivity index (χ0) is 31.9. The Morgan fingerprint density at radius 1 is 0.933 bits per heavy atom. The highest BCUT2D eigenvalue weighted by molar-refractivity contribution is 5.80. The van der Waals surface area contributed by atoms with Gasteiger partial charge in [-0.3, -0.25) is 4.79 Å². The predicted molar refractivity (Wildman–Crippen MR) is 172 cm³/mol. The van der Waals surface area contributed by atoms with Crippen LogP contribution in [0.4, 0.5) is 4.79 Å². The SMILES string of the molecule is COCCOCCOC(=O)NC(Cc1ccccc1)C(O)CC(CC=Cc1ccccc1)C(=O)N[C@H]1c2ccccc2C[C@@H]1O. The smallest absolute Gasteiger partial charge is 0.407 e. The molecular formula is C36H44N2O7. The lowest BCUT2D eigenvalue weighted by Crippen LogP contribution is -2.47. The maximum absolute atomic E-state index is 13.8. The molecule has 1 aliphatic rings. The monoisotopic (exact) mass is 616 g/mol. The minimum absolute atomic E-state index is 0.0458. The Hall–Kier alpha value is -4.02. The molecule has 0 saturated heterocycles. The minimum atomic E-state index is -1.07. The van der Waals surface area contributed by atoms with Crippen LogP contribution >= 0.6 is 0 Å². The van der Waals surface area contributed by atoms with Crippen molar-refractivity contribution in [2.75, 3.05) is 33.5 Å². The largest absolute Gasteiger partial charge is 0.447 e. The molecule has 0 aliphatic heterocycles. The molecule has 5 atom stereocenters. The van der Waals surface area contributed by atoms with Crippen LogP contribution in [0.1, 0.15) is 41.1 Å². The van der Waals surface area contributed by atoms with E-state index in [1.54, 1.807) is 7.11 Å². The second kappa shape index (κ2) is 18.1. The zero-order valence-electron chi connectivity index (χ0n) is 25.7. The molecule has 3 aromatic rings. The average Bonchev–Trinajstić information content (AvgIpc) is 3.37. The highest BCUT2D eigenvalue weighted by Crippen LogP contribution is 2.32. The molecule has 0 spiro atoms. The normalized spacial score (nSPS) is 17.8. The first kappa shape index (κ1) is 33.9. The lowest BCUT2D eigenvalue weighted by molar-refractivity contribution is -0.127. The van der Waals surface area contributed by atoms with Crippen LogP contribution < -0.4 is 10.6 Å². The molecule has 240 valence electrons. The topological polar surface area (TPSA) is 126 Å². The Morgan fingerprint density at radius 3 is 2.38 bits per heavy atom. The van der Waals surface area contributed by atoms with Gasteiger partial charge in [0.25, 0.3) is 0 Å². The summed E-state index contributed by atoms with van der Waals surface area (Å²) in [5, 5.41) is 28.2. The number of allylic oxidation sites excluding steroid dienone is 1. The predicted octanol–water partition coefficient (Wildman–Crippen LogP) is 4.23. The highest BCUT2D eigenvalue weighted by atomic mass is 16.6. The fourth-order valence-corrected chi connectivity index (χ4v) is 5.50. The van der Waals surface area contributed by atoms with Gasteiger partial charge in [-0.2, -0.15) is 0 Å². The molecule has 3 unspecified atom stereocenters. The summed E-state index contributed by atoms with van der Waals surface area (Å²) >= 11 is 0. The summed E-state index contributed by atoms with van der Waals surface area (Å²) in [6.45, 7) is 1.10. The van der Waals surface area contributed by atoms with Crippen molar-refractivity contribution in [1.29, 1.82) is 0 Å². The molecule has 0 heterocycles. The number of carbonyl (C=O) groups excluding carboxylic acids is 2. The number of aliphatic hydroxyl groups excluding tert-OH is 2. The fraction of sp³-hybridized carbons (Fsp3) is 0.389. The van der Waals surface area contributed by atoms with Crippen LogP contribution in [0.15, 0.2) is 91.0 Å². The fourth-order valence-electron chi connectivity index (χ4n) is 5.50. The first-order chi connectivity index (χ1) is 21.9. The summed E-state index contributed by atoms with van der Waals surface area (Å²) in [5.74, 6) is -0.910. The summed E-state index contributed by atoms with van der Waals surface area (Å²) in [4.78, 5) is 26.5. The van der Waals surface area contributed by atoms with Crippen LogP contribution in [-0.2, 0) is 31.8 Å². The molecule has 0 fully saturated rings. The van der Waals surface area contributed by atoms with Crippen LogP contribution in [0.3, 0.4) is 0 Å². The molecular weight excluding hydrogens is 572 g/mol. The van der Waals surface area contributed by atoms with Crippen molar-refractivity contribution in [2.24, 2.45) is 5.92 Å². The Morgan fingerprint density at radius 2 is 1.62 bits per heavy atom. The number of methoxy groups -OCH3 is 1. The molecule has 45 heavy (non-hydrogen) atoms. The van der Waals surface area contributed by atoms with Crippen molar-refractivity contribution in [3.63, 3.8) is 0 Å². The van der Waals surface area contributed by atoms with E-state index in [0.29, 0.717) is 32.5 Å². The quantitative estimate of drug-likeness (QED) is 0.167. The maximum Gasteiger partial charge on any atom is 0.407 e. The van der Waals surface area contributed by atoms with Gasteiger partial charge in [-0.05, 0) is 41.5 Å². The Bertz CT molecular complexity index is 1350. The van der Waals surface area contributed by atoms with Gasteiger partial charge in [-0.1, -0.05) is 97.1 Å². The molecule has 3 aromatic carbocycles. The number of hydrogen-bond acceptors (Lipinski definition) is 7. The molecule has 4 N–H and O–H groups in total. The molecule has 0 aromatic heterocycles. The number of alkyl carbamates (subject to hydrolysis) is 1. The lowest BCUT2D eigenvalue weighted by atomic mass is 9.90. The molecule has 9 nitrogen and oxygen atoms in total. The van der Waals surface area contributed by atoms with Gasteiger partial charge in [0.1, 0.15) is 6.61 Å². The molecule has 2 amide bonds. The van der Waals surface area contributed by atoms with Crippen LogP contribution in [0.25, 0.3) is 6.08 Å². The third-order valence-corrected chi connectivity index (χ3v) is 7.89. The highest BCUT2D eigenvalue weighted by Gasteiger charge is 2.35. The van der Waals surface area contributed by atoms with Crippen molar-refractivity contribution in [1.82, 2.24) is 10.6 Å². The van der Waals surface area contributed by atoms with Crippen LogP contribution in [0.5, 0.6) is 0 Å².